The normalized spacial score (nSPS) is 19.7. The first kappa shape index (κ1) is 12.2. The summed E-state index contributed by atoms with van der Waals surface area (Å²) in [5.74, 6) is 0.603. The molecule has 1 atom stereocenters. The van der Waals surface area contributed by atoms with Crippen LogP contribution in [0.5, 0.6) is 0 Å². The Bertz CT molecular complexity index is 359. The van der Waals surface area contributed by atoms with Crippen molar-refractivity contribution in [1.29, 1.82) is 0 Å². The quantitative estimate of drug-likeness (QED) is 0.825. The van der Waals surface area contributed by atoms with E-state index in [9.17, 15) is 0 Å². The molecule has 0 spiro atoms. The van der Waals surface area contributed by atoms with Crippen molar-refractivity contribution in [1.82, 2.24) is 0 Å². The van der Waals surface area contributed by atoms with E-state index in [0.717, 1.165) is 5.56 Å². The Hall–Kier alpha value is -0.240. The molecule has 0 heterocycles. The SMILES string of the molecule is N[C@H](c1ccc(Cl)c(Cl)c1)C1CCCCC1. The van der Waals surface area contributed by atoms with Crippen LogP contribution in [0.15, 0.2) is 18.2 Å². The molecule has 1 aromatic carbocycles. The molecule has 88 valence electrons. The van der Waals surface area contributed by atoms with E-state index >= 15 is 0 Å². The van der Waals surface area contributed by atoms with Crippen LogP contribution < -0.4 is 5.73 Å². The van der Waals surface area contributed by atoms with Gasteiger partial charge in [0.05, 0.1) is 10.0 Å². The summed E-state index contributed by atoms with van der Waals surface area (Å²) < 4.78 is 0. The van der Waals surface area contributed by atoms with Gasteiger partial charge >= 0.3 is 0 Å². The summed E-state index contributed by atoms with van der Waals surface area (Å²) in [4.78, 5) is 0. The fraction of sp³-hybridized carbons (Fsp3) is 0.538. The van der Waals surface area contributed by atoms with Crippen LogP contribution in [0.1, 0.15) is 43.7 Å². The molecule has 3 heteroatoms. The van der Waals surface area contributed by atoms with Crippen LogP contribution in [0.25, 0.3) is 0 Å². The van der Waals surface area contributed by atoms with E-state index in [4.69, 9.17) is 28.9 Å². The van der Waals surface area contributed by atoms with Gasteiger partial charge in [-0.3, -0.25) is 0 Å². The van der Waals surface area contributed by atoms with Crippen molar-refractivity contribution in [3.05, 3.63) is 33.8 Å². The molecular weight excluding hydrogens is 241 g/mol. The highest BCUT2D eigenvalue weighted by Gasteiger charge is 2.22. The molecule has 0 aliphatic heterocycles. The fourth-order valence-corrected chi connectivity index (χ4v) is 2.79. The third-order valence-corrected chi connectivity index (χ3v) is 4.23. The molecule has 1 fully saturated rings. The Labute approximate surface area is 107 Å². The van der Waals surface area contributed by atoms with Crippen molar-refractivity contribution in [2.45, 2.75) is 38.1 Å². The van der Waals surface area contributed by atoms with Gasteiger partial charge in [-0.1, -0.05) is 48.5 Å². The third kappa shape index (κ3) is 2.71. The Kier molecular flexibility index (Phi) is 4.12. The Morgan fingerprint density at radius 3 is 2.38 bits per heavy atom. The molecule has 2 rings (SSSR count). The van der Waals surface area contributed by atoms with Gasteiger partial charge < -0.3 is 5.73 Å². The molecule has 0 amide bonds. The van der Waals surface area contributed by atoms with Gasteiger partial charge in [-0.15, -0.1) is 0 Å². The lowest BCUT2D eigenvalue weighted by Gasteiger charge is -2.27. The van der Waals surface area contributed by atoms with Crippen LogP contribution in [0.3, 0.4) is 0 Å². The van der Waals surface area contributed by atoms with E-state index in [2.05, 4.69) is 0 Å². The molecule has 0 saturated heterocycles. The lowest BCUT2D eigenvalue weighted by atomic mass is 9.81. The summed E-state index contributed by atoms with van der Waals surface area (Å²) >= 11 is 11.9. The fourth-order valence-electron chi connectivity index (χ4n) is 2.49. The molecule has 1 saturated carbocycles. The van der Waals surface area contributed by atoms with Crippen molar-refractivity contribution in [3.8, 4) is 0 Å². The highest BCUT2D eigenvalue weighted by Crippen LogP contribution is 2.34. The Morgan fingerprint density at radius 1 is 1.06 bits per heavy atom. The lowest BCUT2D eigenvalue weighted by Crippen LogP contribution is -2.23. The first-order valence-corrected chi connectivity index (χ1v) is 6.64. The summed E-state index contributed by atoms with van der Waals surface area (Å²) in [5.41, 5.74) is 7.40. The summed E-state index contributed by atoms with van der Waals surface area (Å²) in [5, 5.41) is 1.20. The van der Waals surface area contributed by atoms with Gasteiger partial charge in [-0.2, -0.15) is 0 Å². The second-order valence-corrected chi connectivity index (χ2v) is 5.41. The first-order valence-electron chi connectivity index (χ1n) is 5.89. The Morgan fingerprint density at radius 2 is 1.75 bits per heavy atom. The second kappa shape index (κ2) is 5.39. The van der Waals surface area contributed by atoms with Crippen molar-refractivity contribution in [2.24, 2.45) is 11.7 Å². The molecule has 1 nitrogen and oxygen atoms in total. The number of rotatable bonds is 2. The summed E-state index contributed by atoms with van der Waals surface area (Å²) in [6, 6.07) is 5.84. The summed E-state index contributed by atoms with van der Waals surface area (Å²) in [6.45, 7) is 0. The van der Waals surface area contributed by atoms with Crippen LogP contribution >= 0.6 is 23.2 Å². The molecule has 1 aliphatic carbocycles. The van der Waals surface area contributed by atoms with E-state index < -0.39 is 0 Å². The number of benzene rings is 1. The van der Waals surface area contributed by atoms with Crippen molar-refractivity contribution < 1.29 is 0 Å². The topological polar surface area (TPSA) is 26.0 Å². The zero-order valence-corrected chi connectivity index (χ0v) is 10.8. The Balaban J connectivity index is 2.12. The average molecular weight is 258 g/mol. The predicted molar refractivity (Wildman–Crippen MR) is 70.0 cm³/mol. The zero-order chi connectivity index (χ0) is 11.5. The van der Waals surface area contributed by atoms with Gasteiger partial charge in [0.25, 0.3) is 0 Å². The van der Waals surface area contributed by atoms with Gasteiger partial charge in [-0.25, -0.2) is 0 Å². The largest absolute Gasteiger partial charge is 0.324 e. The van der Waals surface area contributed by atoms with Crippen molar-refractivity contribution in [2.75, 3.05) is 0 Å². The molecule has 16 heavy (non-hydrogen) atoms. The molecule has 0 aromatic heterocycles. The third-order valence-electron chi connectivity index (χ3n) is 3.49. The number of hydrogen-bond acceptors (Lipinski definition) is 1. The lowest BCUT2D eigenvalue weighted by molar-refractivity contribution is 0.308. The van der Waals surface area contributed by atoms with E-state index in [1.165, 1.54) is 32.1 Å². The molecular formula is C13H17Cl2N. The molecule has 0 unspecified atom stereocenters. The van der Waals surface area contributed by atoms with Crippen LogP contribution in [0.4, 0.5) is 0 Å². The molecule has 0 bridgehead atoms. The second-order valence-electron chi connectivity index (χ2n) is 4.60. The highest BCUT2D eigenvalue weighted by molar-refractivity contribution is 6.42. The maximum atomic E-state index is 6.29. The number of nitrogens with two attached hydrogens (primary N) is 1. The van der Waals surface area contributed by atoms with Gasteiger partial charge in [-0.05, 0) is 36.5 Å². The summed E-state index contributed by atoms with van der Waals surface area (Å²) in [6.07, 6.45) is 6.44. The monoisotopic (exact) mass is 257 g/mol. The van der Waals surface area contributed by atoms with Crippen molar-refractivity contribution in [3.63, 3.8) is 0 Å². The number of halogens is 2. The van der Waals surface area contributed by atoms with Crippen LogP contribution in [0, 0.1) is 5.92 Å². The first-order chi connectivity index (χ1) is 7.68. The number of hydrogen-bond donors (Lipinski definition) is 1. The standard InChI is InChI=1S/C13H17Cl2N/c14-11-7-6-10(8-12(11)15)13(16)9-4-2-1-3-5-9/h6-9,13H,1-5,16H2/t13-/m0/s1. The van der Waals surface area contributed by atoms with E-state index in [0.29, 0.717) is 16.0 Å². The van der Waals surface area contributed by atoms with E-state index in [1.807, 2.05) is 18.2 Å². The molecule has 1 aromatic rings. The van der Waals surface area contributed by atoms with Crippen LogP contribution in [-0.4, -0.2) is 0 Å². The minimum Gasteiger partial charge on any atom is -0.324 e. The minimum absolute atomic E-state index is 0.107. The average Bonchev–Trinajstić information content (AvgIpc) is 2.33. The van der Waals surface area contributed by atoms with Crippen LogP contribution in [-0.2, 0) is 0 Å². The van der Waals surface area contributed by atoms with E-state index in [1.54, 1.807) is 0 Å². The van der Waals surface area contributed by atoms with Gasteiger partial charge in [0.1, 0.15) is 0 Å². The van der Waals surface area contributed by atoms with Gasteiger partial charge in [0, 0.05) is 6.04 Å². The predicted octanol–water partition coefficient (Wildman–Crippen LogP) is 4.57. The van der Waals surface area contributed by atoms with E-state index in [-0.39, 0.29) is 6.04 Å². The highest BCUT2D eigenvalue weighted by atomic mass is 35.5. The van der Waals surface area contributed by atoms with Gasteiger partial charge in [0.2, 0.25) is 0 Å². The van der Waals surface area contributed by atoms with Crippen LogP contribution in [0.2, 0.25) is 10.0 Å². The zero-order valence-electron chi connectivity index (χ0n) is 9.26. The maximum Gasteiger partial charge on any atom is 0.0595 e. The smallest absolute Gasteiger partial charge is 0.0595 e. The molecule has 1 aliphatic rings. The molecule has 2 N–H and O–H groups in total. The maximum absolute atomic E-state index is 6.29. The minimum atomic E-state index is 0.107. The molecule has 0 radical (unpaired) electrons. The van der Waals surface area contributed by atoms with Gasteiger partial charge in [0.15, 0.2) is 0 Å². The van der Waals surface area contributed by atoms with Crippen molar-refractivity contribution >= 4 is 23.2 Å². The summed E-state index contributed by atoms with van der Waals surface area (Å²) in [7, 11) is 0.